The van der Waals surface area contributed by atoms with E-state index >= 15 is 0 Å². The number of nitrogens with one attached hydrogen (secondary N) is 1. The fraction of sp³-hybridized carbons (Fsp3) is 0.429. The summed E-state index contributed by atoms with van der Waals surface area (Å²) in [4.78, 5) is 24.4. The third kappa shape index (κ3) is 4.99. The number of benzene rings is 1. The summed E-state index contributed by atoms with van der Waals surface area (Å²) in [7, 11) is 1.80. The molecule has 0 saturated carbocycles. The Bertz CT molecular complexity index is 441. The zero-order chi connectivity index (χ0) is 14.4. The maximum absolute atomic E-state index is 12.1. The molecule has 0 aliphatic carbocycles. The molecular formula is C14H21N3O2. The van der Waals surface area contributed by atoms with Gasteiger partial charge in [-0.1, -0.05) is 26.0 Å². The van der Waals surface area contributed by atoms with Gasteiger partial charge in [-0.25, -0.2) is 4.79 Å². The van der Waals surface area contributed by atoms with E-state index in [-0.39, 0.29) is 5.91 Å². The number of nitrogens with zero attached hydrogens (tertiary/aromatic N) is 1. The predicted octanol–water partition coefficient (Wildman–Crippen LogP) is 1.58. The Kier molecular flexibility index (Phi) is 5.36. The predicted molar refractivity (Wildman–Crippen MR) is 74.7 cm³/mol. The van der Waals surface area contributed by atoms with Crippen LogP contribution in [0.4, 0.5) is 4.79 Å². The van der Waals surface area contributed by atoms with Gasteiger partial charge >= 0.3 is 6.03 Å². The molecule has 3 amide bonds. The third-order valence-corrected chi connectivity index (χ3v) is 2.65. The molecule has 0 aliphatic heterocycles. The first-order chi connectivity index (χ1) is 8.90. The number of rotatable bonds is 5. The lowest BCUT2D eigenvalue weighted by atomic mass is 10.1. The Labute approximate surface area is 113 Å². The largest absolute Gasteiger partial charge is 0.352 e. The molecule has 0 aliphatic rings. The lowest BCUT2D eigenvalue weighted by molar-refractivity contribution is 0.0779. The van der Waals surface area contributed by atoms with Crippen molar-refractivity contribution < 1.29 is 9.59 Å². The molecule has 0 fully saturated rings. The molecule has 104 valence electrons. The summed E-state index contributed by atoms with van der Waals surface area (Å²) in [5.41, 5.74) is 6.54. The van der Waals surface area contributed by atoms with Crippen LogP contribution in [0.25, 0.3) is 0 Å². The quantitative estimate of drug-likeness (QED) is 0.846. The van der Waals surface area contributed by atoms with Crippen molar-refractivity contribution in [2.45, 2.75) is 20.4 Å². The molecule has 0 atom stereocenters. The number of carbonyl (C=O) groups excluding carboxylic acids is 2. The van der Waals surface area contributed by atoms with Gasteiger partial charge in [-0.05, 0) is 23.6 Å². The Hall–Kier alpha value is -2.04. The second-order valence-electron chi connectivity index (χ2n) is 4.99. The van der Waals surface area contributed by atoms with Gasteiger partial charge in [0, 0.05) is 25.7 Å². The van der Waals surface area contributed by atoms with Gasteiger partial charge in [-0.3, -0.25) is 4.79 Å². The summed E-state index contributed by atoms with van der Waals surface area (Å²) < 4.78 is 0. The molecule has 0 bridgehead atoms. The minimum absolute atomic E-state index is 0.00288. The number of nitrogens with two attached hydrogens (primary N) is 1. The van der Waals surface area contributed by atoms with Crippen molar-refractivity contribution in [3.8, 4) is 0 Å². The smallest absolute Gasteiger partial charge is 0.312 e. The molecule has 0 radical (unpaired) electrons. The highest BCUT2D eigenvalue weighted by atomic mass is 16.2. The van der Waals surface area contributed by atoms with Crippen LogP contribution in [0.1, 0.15) is 29.8 Å². The SMILES string of the molecule is CC(C)CN(C)C(=O)c1ccc(CNC(N)=O)cc1. The molecule has 1 aromatic carbocycles. The molecule has 0 aromatic heterocycles. The maximum atomic E-state index is 12.1. The number of urea groups is 1. The summed E-state index contributed by atoms with van der Waals surface area (Å²) in [5, 5.41) is 2.50. The average molecular weight is 263 g/mol. The van der Waals surface area contributed by atoms with Crippen LogP contribution in [0.5, 0.6) is 0 Å². The molecule has 0 spiro atoms. The number of hydrogen-bond donors (Lipinski definition) is 2. The van der Waals surface area contributed by atoms with Gasteiger partial charge in [0.25, 0.3) is 5.91 Å². The second kappa shape index (κ2) is 6.78. The average Bonchev–Trinajstić information content (AvgIpc) is 2.35. The zero-order valence-corrected chi connectivity index (χ0v) is 11.6. The van der Waals surface area contributed by atoms with Gasteiger partial charge < -0.3 is 16.0 Å². The fourth-order valence-electron chi connectivity index (χ4n) is 1.81. The highest BCUT2D eigenvalue weighted by Gasteiger charge is 2.12. The van der Waals surface area contributed by atoms with Gasteiger partial charge in [0.15, 0.2) is 0 Å². The zero-order valence-electron chi connectivity index (χ0n) is 11.6. The van der Waals surface area contributed by atoms with Crippen LogP contribution in [-0.2, 0) is 6.54 Å². The van der Waals surface area contributed by atoms with E-state index in [1.54, 1.807) is 24.1 Å². The second-order valence-corrected chi connectivity index (χ2v) is 4.99. The van der Waals surface area contributed by atoms with Crippen LogP contribution >= 0.6 is 0 Å². The van der Waals surface area contributed by atoms with E-state index in [1.165, 1.54) is 0 Å². The molecule has 1 rings (SSSR count). The van der Waals surface area contributed by atoms with Gasteiger partial charge in [0.05, 0.1) is 0 Å². The van der Waals surface area contributed by atoms with Crippen molar-refractivity contribution in [2.24, 2.45) is 11.7 Å². The van der Waals surface area contributed by atoms with Crippen LogP contribution in [-0.4, -0.2) is 30.4 Å². The summed E-state index contributed by atoms with van der Waals surface area (Å²) in [6.07, 6.45) is 0. The van der Waals surface area contributed by atoms with Crippen molar-refractivity contribution in [1.29, 1.82) is 0 Å². The van der Waals surface area contributed by atoms with Crippen molar-refractivity contribution in [2.75, 3.05) is 13.6 Å². The lowest BCUT2D eigenvalue weighted by Gasteiger charge is -2.19. The third-order valence-electron chi connectivity index (χ3n) is 2.65. The molecule has 5 nitrogen and oxygen atoms in total. The molecular weight excluding hydrogens is 242 g/mol. The van der Waals surface area contributed by atoms with Crippen LogP contribution in [0.3, 0.4) is 0 Å². The van der Waals surface area contributed by atoms with Gasteiger partial charge in [0.2, 0.25) is 0 Å². The first-order valence-electron chi connectivity index (χ1n) is 6.28. The number of carbonyl (C=O) groups is 2. The Balaban J connectivity index is 2.65. The molecule has 0 heterocycles. The highest BCUT2D eigenvalue weighted by molar-refractivity contribution is 5.94. The normalized spacial score (nSPS) is 10.3. The fourth-order valence-corrected chi connectivity index (χ4v) is 1.81. The first-order valence-corrected chi connectivity index (χ1v) is 6.28. The molecule has 3 N–H and O–H groups in total. The van der Waals surface area contributed by atoms with Crippen LogP contribution in [0.2, 0.25) is 0 Å². The molecule has 0 unspecified atom stereocenters. The highest BCUT2D eigenvalue weighted by Crippen LogP contribution is 2.08. The van der Waals surface area contributed by atoms with Gasteiger partial charge in [-0.2, -0.15) is 0 Å². The van der Waals surface area contributed by atoms with E-state index in [4.69, 9.17) is 5.73 Å². The van der Waals surface area contributed by atoms with E-state index in [0.29, 0.717) is 18.0 Å². The number of amides is 3. The first kappa shape index (κ1) is 15.0. The maximum Gasteiger partial charge on any atom is 0.312 e. The molecule has 19 heavy (non-hydrogen) atoms. The summed E-state index contributed by atoms with van der Waals surface area (Å²) in [6.45, 7) is 5.24. The Morgan fingerprint density at radius 1 is 1.26 bits per heavy atom. The number of hydrogen-bond acceptors (Lipinski definition) is 2. The topological polar surface area (TPSA) is 75.4 Å². The van der Waals surface area contributed by atoms with Crippen molar-refractivity contribution in [3.05, 3.63) is 35.4 Å². The molecule has 5 heteroatoms. The van der Waals surface area contributed by atoms with Crippen LogP contribution in [0.15, 0.2) is 24.3 Å². The van der Waals surface area contributed by atoms with Crippen molar-refractivity contribution in [1.82, 2.24) is 10.2 Å². The Morgan fingerprint density at radius 2 is 1.84 bits per heavy atom. The monoisotopic (exact) mass is 263 g/mol. The van der Waals surface area contributed by atoms with Crippen LogP contribution < -0.4 is 11.1 Å². The van der Waals surface area contributed by atoms with Crippen molar-refractivity contribution >= 4 is 11.9 Å². The van der Waals surface area contributed by atoms with Crippen LogP contribution in [0, 0.1) is 5.92 Å². The molecule has 0 saturated heterocycles. The lowest BCUT2D eigenvalue weighted by Crippen LogP contribution is -2.30. The van der Waals surface area contributed by atoms with E-state index in [1.807, 2.05) is 12.1 Å². The summed E-state index contributed by atoms with van der Waals surface area (Å²) >= 11 is 0. The number of primary amides is 1. The van der Waals surface area contributed by atoms with E-state index in [2.05, 4.69) is 19.2 Å². The minimum Gasteiger partial charge on any atom is -0.352 e. The Morgan fingerprint density at radius 3 is 2.32 bits per heavy atom. The van der Waals surface area contributed by atoms with Gasteiger partial charge in [0.1, 0.15) is 0 Å². The minimum atomic E-state index is -0.559. The van der Waals surface area contributed by atoms with E-state index in [0.717, 1.165) is 12.1 Å². The molecule has 1 aromatic rings. The summed E-state index contributed by atoms with van der Waals surface area (Å²) in [5.74, 6) is 0.441. The van der Waals surface area contributed by atoms with E-state index in [9.17, 15) is 9.59 Å². The van der Waals surface area contributed by atoms with E-state index < -0.39 is 6.03 Å². The van der Waals surface area contributed by atoms with Gasteiger partial charge in [-0.15, -0.1) is 0 Å². The standard InChI is InChI=1S/C14H21N3O2/c1-10(2)9-17(3)13(18)12-6-4-11(5-7-12)8-16-14(15)19/h4-7,10H,8-9H2,1-3H3,(H3,15,16,19). The summed E-state index contributed by atoms with van der Waals surface area (Å²) in [6, 6.07) is 6.59. The van der Waals surface area contributed by atoms with Crippen molar-refractivity contribution in [3.63, 3.8) is 0 Å².